The summed E-state index contributed by atoms with van der Waals surface area (Å²) >= 11 is 0. The van der Waals surface area contributed by atoms with Gasteiger partial charge in [-0.25, -0.2) is 0 Å². The summed E-state index contributed by atoms with van der Waals surface area (Å²) in [4.78, 5) is 0. The van der Waals surface area contributed by atoms with Crippen molar-refractivity contribution in [3.63, 3.8) is 0 Å². The molecule has 0 amide bonds. The van der Waals surface area contributed by atoms with Gasteiger partial charge in [-0.2, -0.15) is 0 Å². The summed E-state index contributed by atoms with van der Waals surface area (Å²) in [6.45, 7) is 0. The number of hydrogen-bond donors (Lipinski definition) is 1. The van der Waals surface area contributed by atoms with Gasteiger partial charge in [0.2, 0.25) is 0 Å². The summed E-state index contributed by atoms with van der Waals surface area (Å²) in [6, 6.07) is 44.6. The standard InChI is InChI=1S/C31H22O/c32-25-20-18-22(19-21-25)26-15-9-17-29-30(26)27-14-7-8-16-28(27)31(29,23-10-3-1-4-11-23)24-12-5-2-6-13-24/h1-21,32H. The average Bonchev–Trinajstić information content (AvgIpc) is 3.17. The molecular weight excluding hydrogens is 388 g/mol. The Labute approximate surface area is 188 Å². The minimum absolute atomic E-state index is 0.282. The molecule has 0 fully saturated rings. The first-order chi connectivity index (χ1) is 15.8. The predicted molar refractivity (Wildman–Crippen MR) is 131 cm³/mol. The second-order valence-corrected chi connectivity index (χ2v) is 8.30. The van der Waals surface area contributed by atoms with Gasteiger partial charge >= 0.3 is 0 Å². The summed E-state index contributed by atoms with van der Waals surface area (Å²) < 4.78 is 0. The summed E-state index contributed by atoms with van der Waals surface area (Å²) in [5.74, 6) is 0.282. The molecule has 1 aliphatic carbocycles. The molecule has 0 saturated heterocycles. The number of rotatable bonds is 3. The molecule has 0 atom stereocenters. The van der Waals surface area contributed by atoms with Crippen molar-refractivity contribution < 1.29 is 5.11 Å². The Morgan fingerprint density at radius 3 is 1.62 bits per heavy atom. The SMILES string of the molecule is Oc1ccc(-c2cccc3c2-c2ccccc2C3(c2ccccc2)c2ccccc2)cc1. The van der Waals surface area contributed by atoms with Gasteiger partial charge in [-0.15, -0.1) is 0 Å². The summed E-state index contributed by atoms with van der Waals surface area (Å²) in [5.41, 5.74) is 9.55. The molecule has 1 aliphatic rings. The first-order valence-corrected chi connectivity index (χ1v) is 10.9. The van der Waals surface area contributed by atoms with Crippen LogP contribution in [0.4, 0.5) is 0 Å². The molecule has 0 unspecified atom stereocenters. The van der Waals surface area contributed by atoms with E-state index >= 15 is 0 Å². The van der Waals surface area contributed by atoms with Crippen LogP contribution in [0.2, 0.25) is 0 Å². The van der Waals surface area contributed by atoms with E-state index in [9.17, 15) is 5.11 Å². The lowest BCUT2D eigenvalue weighted by atomic mass is 9.67. The van der Waals surface area contributed by atoms with Crippen LogP contribution in [0.3, 0.4) is 0 Å². The van der Waals surface area contributed by atoms with Crippen LogP contribution in [-0.4, -0.2) is 5.11 Å². The maximum Gasteiger partial charge on any atom is 0.115 e. The lowest BCUT2D eigenvalue weighted by Crippen LogP contribution is -2.28. The van der Waals surface area contributed by atoms with E-state index in [0.29, 0.717) is 0 Å². The van der Waals surface area contributed by atoms with Crippen molar-refractivity contribution in [2.45, 2.75) is 5.41 Å². The highest BCUT2D eigenvalue weighted by atomic mass is 16.3. The minimum Gasteiger partial charge on any atom is -0.508 e. The zero-order valence-electron chi connectivity index (χ0n) is 17.6. The van der Waals surface area contributed by atoms with Crippen molar-refractivity contribution in [3.8, 4) is 28.0 Å². The number of phenolic OH excluding ortho intramolecular Hbond substituents is 1. The van der Waals surface area contributed by atoms with E-state index in [1.807, 2.05) is 12.1 Å². The lowest BCUT2D eigenvalue weighted by molar-refractivity contribution is 0.475. The zero-order chi connectivity index (χ0) is 21.5. The molecule has 152 valence electrons. The Hall–Kier alpha value is -4.10. The zero-order valence-corrected chi connectivity index (χ0v) is 17.6. The molecule has 0 bridgehead atoms. The van der Waals surface area contributed by atoms with Crippen molar-refractivity contribution >= 4 is 0 Å². The third-order valence-corrected chi connectivity index (χ3v) is 6.66. The molecule has 1 nitrogen and oxygen atoms in total. The van der Waals surface area contributed by atoms with E-state index in [0.717, 1.165) is 5.56 Å². The second-order valence-electron chi connectivity index (χ2n) is 8.30. The fraction of sp³-hybridized carbons (Fsp3) is 0.0323. The van der Waals surface area contributed by atoms with Crippen LogP contribution in [0, 0.1) is 0 Å². The van der Waals surface area contributed by atoms with E-state index in [-0.39, 0.29) is 11.2 Å². The number of benzene rings is 5. The predicted octanol–water partition coefficient (Wildman–Crippen LogP) is 7.42. The van der Waals surface area contributed by atoms with E-state index in [2.05, 4.69) is 103 Å². The minimum atomic E-state index is -0.388. The van der Waals surface area contributed by atoms with Crippen LogP contribution in [0.5, 0.6) is 5.75 Å². The number of phenols is 1. The lowest BCUT2D eigenvalue weighted by Gasteiger charge is -2.34. The van der Waals surface area contributed by atoms with Gasteiger partial charge in [-0.3, -0.25) is 0 Å². The molecule has 6 rings (SSSR count). The third kappa shape index (κ3) is 2.58. The third-order valence-electron chi connectivity index (χ3n) is 6.66. The van der Waals surface area contributed by atoms with E-state index in [1.54, 1.807) is 12.1 Å². The van der Waals surface area contributed by atoms with Gasteiger partial charge in [0.1, 0.15) is 5.75 Å². The molecular formula is C31H22O. The van der Waals surface area contributed by atoms with Crippen molar-refractivity contribution in [2.75, 3.05) is 0 Å². The molecule has 0 radical (unpaired) electrons. The van der Waals surface area contributed by atoms with Crippen LogP contribution in [-0.2, 0) is 5.41 Å². The Bertz CT molecular complexity index is 1360. The fourth-order valence-corrected chi connectivity index (χ4v) is 5.37. The monoisotopic (exact) mass is 410 g/mol. The second kappa shape index (κ2) is 7.25. The van der Waals surface area contributed by atoms with E-state index < -0.39 is 0 Å². The maximum absolute atomic E-state index is 9.84. The molecule has 5 aromatic carbocycles. The Kier molecular flexibility index (Phi) is 4.22. The molecule has 0 aliphatic heterocycles. The smallest absolute Gasteiger partial charge is 0.115 e. The Morgan fingerprint density at radius 1 is 0.438 bits per heavy atom. The molecule has 0 aromatic heterocycles. The van der Waals surface area contributed by atoms with Crippen LogP contribution in [0.15, 0.2) is 127 Å². The van der Waals surface area contributed by atoms with Gasteiger partial charge in [0.05, 0.1) is 5.41 Å². The topological polar surface area (TPSA) is 20.2 Å². The van der Waals surface area contributed by atoms with Crippen molar-refractivity contribution in [2.24, 2.45) is 0 Å². The molecule has 0 heterocycles. The first kappa shape index (κ1) is 18.7. The molecule has 0 spiro atoms. The fourth-order valence-electron chi connectivity index (χ4n) is 5.37. The van der Waals surface area contributed by atoms with Gasteiger partial charge < -0.3 is 5.11 Å². The van der Waals surface area contributed by atoms with Crippen molar-refractivity contribution in [1.82, 2.24) is 0 Å². The number of fused-ring (bicyclic) bond motifs is 3. The summed E-state index contributed by atoms with van der Waals surface area (Å²) in [5, 5.41) is 9.84. The highest BCUT2D eigenvalue weighted by Crippen LogP contribution is 2.58. The first-order valence-electron chi connectivity index (χ1n) is 10.9. The number of hydrogen-bond acceptors (Lipinski definition) is 1. The number of aromatic hydroxyl groups is 1. The van der Waals surface area contributed by atoms with Gasteiger partial charge in [-0.1, -0.05) is 115 Å². The van der Waals surface area contributed by atoms with Crippen LogP contribution < -0.4 is 0 Å². The highest BCUT2D eigenvalue weighted by Gasteiger charge is 2.46. The highest BCUT2D eigenvalue weighted by molar-refractivity contribution is 5.95. The van der Waals surface area contributed by atoms with Crippen molar-refractivity contribution in [3.05, 3.63) is 150 Å². The van der Waals surface area contributed by atoms with Crippen LogP contribution in [0.1, 0.15) is 22.3 Å². The van der Waals surface area contributed by atoms with Gasteiger partial charge in [0.15, 0.2) is 0 Å². The summed E-state index contributed by atoms with van der Waals surface area (Å²) in [7, 11) is 0. The molecule has 5 aromatic rings. The normalized spacial score (nSPS) is 13.4. The van der Waals surface area contributed by atoms with E-state index in [4.69, 9.17) is 0 Å². The largest absolute Gasteiger partial charge is 0.508 e. The molecule has 32 heavy (non-hydrogen) atoms. The maximum atomic E-state index is 9.84. The van der Waals surface area contributed by atoms with Crippen LogP contribution in [0.25, 0.3) is 22.3 Å². The average molecular weight is 411 g/mol. The quantitative estimate of drug-likeness (QED) is 0.322. The molecule has 1 heteroatoms. The molecule has 1 N–H and O–H groups in total. The Morgan fingerprint density at radius 2 is 0.969 bits per heavy atom. The van der Waals surface area contributed by atoms with Gasteiger partial charge in [-0.05, 0) is 56.6 Å². The molecule has 0 saturated carbocycles. The van der Waals surface area contributed by atoms with Gasteiger partial charge in [0, 0.05) is 0 Å². The van der Waals surface area contributed by atoms with Crippen molar-refractivity contribution in [1.29, 1.82) is 0 Å². The van der Waals surface area contributed by atoms with Gasteiger partial charge in [0.25, 0.3) is 0 Å². The summed E-state index contributed by atoms with van der Waals surface area (Å²) in [6.07, 6.45) is 0. The Balaban J connectivity index is 1.77. The van der Waals surface area contributed by atoms with E-state index in [1.165, 1.54) is 38.9 Å². The van der Waals surface area contributed by atoms with Crippen LogP contribution >= 0.6 is 0 Å².